The molecule has 0 radical (unpaired) electrons. The standard InChI is InChI=1S/C27H26F2N8O2/c1-3-21(38)31-17-7-5-6-16(14-17)24-33-25-18(26(39)34-24)15-30-27(35-25)32-19-8-9-20(23(29)22(19)28)37-12-10-36(4-2)11-13-37/h3,5-9,14-15H,1,4,10-13H2,2H3,(H,31,38)(H2,30,32,33,34,35,39). The number of amides is 1. The number of fused-ring (bicyclic) bond motifs is 1. The average molecular weight is 533 g/mol. The fraction of sp³-hybridized carbons (Fsp3) is 0.222. The van der Waals surface area contributed by atoms with Crippen molar-refractivity contribution in [1.29, 1.82) is 0 Å². The second-order valence-corrected chi connectivity index (χ2v) is 8.93. The summed E-state index contributed by atoms with van der Waals surface area (Å²) < 4.78 is 30.0. The lowest BCUT2D eigenvalue weighted by atomic mass is 10.2. The molecule has 0 bridgehead atoms. The summed E-state index contributed by atoms with van der Waals surface area (Å²) in [5.41, 5.74) is 0.645. The number of nitrogens with one attached hydrogen (secondary N) is 3. The van der Waals surface area contributed by atoms with Crippen molar-refractivity contribution < 1.29 is 13.6 Å². The van der Waals surface area contributed by atoms with Crippen LogP contribution >= 0.6 is 0 Å². The summed E-state index contributed by atoms with van der Waals surface area (Å²) in [6.07, 6.45) is 2.40. The monoisotopic (exact) mass is 532 g/mol. The highest BCUT2D eigenvalue weighted by Gasteiger charge is 2.22. The first kappa shape index (κ1) is 25.9. The third-order valence-corrected chi connectivity index (χ3v) is 6.52. The second-order valence-electron chi connectivity index (χ2n) is 8.93. The normalized spacial score (nSPS) is 13.9. The number of anilines is 4. The van der Waals surface area contributed by atoms with Crippen LogP contribution in [0.25, 0.3) is 22.4 Å². The number of rotatable bonds is 7. The lowest BCUT2D eigenvalue weighted by molar-refractivity contribution is -0.111. The Hall–Kier alpha value is -4.71. The average Bonchev–Trinajstić information content (AvgIpc) is 2.95. The third kappa shape index (κ3) is 5.46. The Morgan fingerprint density at radius 1 is 1.13 bits per heavy atom. The quantitative estimate of drug-likeness (QED) is 0.309. The van der Waals surface area contributed by atoms with Gasteiger partial charge in [0, 0.05) is 43.6 Å². The number of hydrogen-bond donors (Lipinski definition) is 3. The SMILES string of the molecule is C=CC(=O)Nc1cccc(-c2nc3nc(Nc4ccc(N5CCN(CC)CC5)c(F)c4F)ncc3c(=O)[nH]2)c1. The van der Waals surface area contributed by atoms with Gasteiger partial charge in [0.15, 0.2) is 17.3 Å². The molecule has 0 spiro atoms. The van der Waals surface area contributed by atoms with E-state index in [-0.39, 0.29) is 40.1 Å². The van der Waals surface area contributed by atoms with Crippen molar-refractivity contribution in [3.8, 4) is 11.4 Å². The number of benzene rings is 2. The van der Waals surface area contributed by atoms with E-state index in [4.69, 9.17) is 0 Å². The maximum Gasteiger partial charge on any atom is 0.262 e. The first-order valence-corrected chi connectivity index (χ1v) is 12.4. The minimum absolute atomic E-state index is 0.0538. The van der Waals surface area contributed by atoms with E-state index in [1.165, 1.54) is 18.3 Å². The molecule has 12 heteroatoms. The summed E-state index contributed by atoms with van der Waals surface area (Å²) in [6.45, 7) is 9.19. The first-order valence-electron chi connectivity index (χ1n) is 12.4. The predicted octanol–water partition coefficient (Wildman–Crippen LogP) is 3.67. The van der Waals surface area contributed by atoms with Crippen LogP contribution in [0.3, 0.4) is 0 Å². The molecule has 2 aromatic carbocycles. The summed E-state index contributed by atoms with van der Waals surface area (Å²) >= 11 is 0. The number of aromatic nitrogens is 4. The molecule has 3 N–H and O–H groups in total. The lowest BCUT2D eigenvalue weighted by Gasteiger charge is -2.35. The van der Waals surface area contributed by atoms with Crippen LogP contribution in [-0.4, -0.2) is 63.5 Å². The number of halogens is 2. The molecule has 3 heterocycles. The van der Waals surface area contributed by atoms with Crippen molar-refractivity contribution in [2.24, 2.45) is 0 Å². The molecule has 0 aliphatic carbocycles. The number of likely N-dealkylation sites (N-methyl/N-ethyl adjacent to an activating group) is 1. The van der Waals surface area contributed by atoms with Gasteiger partial charge < -0.3 is 25.4 Å². The fourth-order valence-corrected chi connectivity index (χ4v) is 4.37. The van der Waals surface area contributed by atoms with Gasteiger partial charge in [-0.2, -0.15) is 4.98 Å². The smallest absolute Gasteiger partial charge is 0.262 e. The molecule has 5 rings (SSSR count). The van der Waals surface area contributed by atoms with E-state index in [0.717, 1.165) is 25.7 Å². The predicted molar refractivity (Wildman–Crippen MR) is 146 cm³/mol. The molecule has 1 aliphatic heterocycles. The molecule has 2 aromatic heterocycles. The minimum atomic E-state index is -1.05. The first-order chi connectivity index (χ1) is 18.9. The van der Waals surface area contributed by atoms with Crippen LogP contribution in [0.4, 0.5) is 31.8 Å². The Labute approximate surface area is 222 Å². The Kier molecular flexibility index (Phi) is 7.28. The number of piperazine rings is 1. The number of hydrogen-bond acceptors (Lipinski definition) is 8. The second kappa shape index (κ2) is 11.0. The maximum absolute atomic E-state index is 15.0. The van der Waals surface area contributed by atoms with Crippen molar-refractivity contribution in [2.75, 3.05) is 48.3 Å². The molecule has 10 nitrogen and oxygen atoms in total. The topological polar surface area (TPSA) is 119 Å². The van der Waals surface area contributed by atoms with Crippen molar-refractivity contribution in [3.05, 3.63) is 77.2 Å². The summed E-state index contributed by atoms with van der Waals surface area (Å²) in [5.74, 6) is -2.23. The molecule has 1 saturated heterocycles. The van der Waals surface area contributed by atoms with Gasteiger partial charge in [-0.1, -0.05) is 25.6 Å². The highest BCUT2D eigenvalue weighted by molar-refractivity contribution is 5.99. The Morgan fingerprint density at radius 3 is 2.67 bits per heavy atom. The highest BCUT2D eigenvalue weighted by atomic mass is 19.2. The highest BCUT2D eigenvalue weighted by Crippen LogP contribution is 2.29. The summed E-state index contributed by atoms with van der Waals surface area (Å²) in [4.78, 5) is 43.8. The van der Waals surface area contributed by atoms with E-state index in [1.807, 2.05) is 4.90 Å². The van der Waals surface area contributed by atoms with Gasteiger partial charge in [-0.25, -0.2) is 18.7 Å². The molecule has 0 atom stereocenters. The van der Waals surface area contributed by atoms with Crippen molar-refractivity contribution in [1.82, 2.24) is 24.8 Å². The van der Waals surface area contributed by atoms with Crippen LogP contribution in [0.15, 0.2) is 60.0 Å². The molecule has 1 aliphatic rings. The van der Waals surface area contributed by atoms with E-state index in [1.54, 1.807) is 24.3 Å². The van der Waals surface area contributed by atoms with Gasteiger partial charge in [0.2, 0.25) is 11.9 Å². The Bertz CT molecular complexity index is 1620. The molecule has 200 valence electrons. The van der Waals surface area contributed by atoms with Gasteiger partial charge in [-0.3, -0.25) is 9.59 Å². The summed E-state index contributed by atoms with van der Waals surface area (Å²) in [6, 6.07) is 9.67. The largest absolute Gasteiger partial charge is 0.367 e. The number of aromatic amines is 1. The zero-order valence-corrected chi connectivity index (χ0v) is 21.2. The molecular weight excluding hydrogens is 506 g/mol. The van der Waals surface area contributed by atoms with Gasteiger partial charge in [-0.15, -0.1) is 0 Å². The van der Waals surface area contributed by atoms with Crippen molar-refractivity contribution >= 4 is 40.0 Å². The zero-order chi connectivity index (χ0) is 27.5. The van der Waals surface area contributed by atoms with Gasteiger partial charge >= 0.3 is 0 Å². The minimum Gasteiger partial charge on any atom is -0.367 e. The Morgan fingerprint density at radius 2 is 1.92 bits per heavy atom. The zero-order valence-electron chi connectivity index (χ0n) is 21.2. The van der Waals surface area contributed by atoms with E-state index in [2.05, 4.69) is 49.0 Å². The number of nitrogens with zero attached hydrogens (tertiary/aromatic N) is 5. The molecule has 0 unspecified atom stereocenters. The summed E-state index contributed by atoms with van der Waals surface area (Å²) in [5, 5.41) is 5.46. The van der Waals surface area contributed by atoms with E-state index in [9.17, 15) is 9.59 Å². The Balaban J connectivity index is 1.41. The van der Waals surface area contributed by atoms with E-state index < -0.39 is 17.2 Å². The van der Waals surface area contributed by atoms with Crippen molar-refractivity contribution in [2.45, 2.75) is 6.92 Å². The molecule has 39 heavy (non-hydrogen) atoms. The van der Waals surface area contributed by atoms with E-state index >= 15 is 8.78 Å². The molecule has 4 aromatic rings. The van der Waals surface area contributed by atoms with Gasteiger partial charge in [0.1, 0.15) is 11.2 Å². The molecule has 1 amide bonds. The van der Waals surface area contributed by atoms with Gasteiger partial charge in [0.05, 0.1) is 11.4 Å². The molecule has 0 saturated carbocycles. The fourth-order valence-electron chi connectivity index (χ4n) is 4.37. The van der Waals surface area contributed by atoms with Gasteiger partial charge in [0.25, 0.3) is 5.56 Å². The van der Waals surface area contributed by atoms with Crippen LogP contribution in [0, 0.1) is 11.6 Å². The van der Waals surface area contributed by atoms with Gasteiger partial charge in [-0.05, 0) is 36.9 Å². The van der Waals surface area contributed by atoms with Crippen LogP contribution in [0.2, 0.25) is 0 Å². The summed E-state index contributed by atoms with van der Waals surface area (Å²) in [7, 11) is 0. The van der Waals surface area contributed by atoms with Crippen LogP contribution in [-0.2, 0) is 4.79 Å². The van der Waals surface area contributed by atoms with Crippen LogP contribution in [0.1, 0.15) is 6.92 Å². The number of carbonyl (C=O) groups excluding carboxylic acids is 1. The molecule has 1 fully saturated rings. The third-order valence-electron chi connectivity index (χ3n) is 6.52. The number of H-pyrrole nitrogens is 1. The maximum atomic E-state index is 15.0. The van der Waals surface area contributed by atoms with Crippen molar-refractivity contribution in [3.63, 3.8) is 0 Å². The van der Waals surface area contributed by atoms with Crippen LogP contribution in [0.5, 0.6) is 0 Å². The number of carbonyl (C=O) groups is 1. The van der Waals surface area contributed by atoms with E-state index in [0.29, 0.717) is 24.3 Å². The van der Waals surface area contributed by atoms with Crippen LogP contribution < -0.4 is 21.1 Å². The lowest BCUT2D eigenvalue weighted by Crippen LogP contribution is -2.46. The molecular formula is C27H26F2N8O2.